The van der Waals surface area contributed by atoms with Gasteiger partial charge in [0.05, 0.1) is 0 Å². The lowest BCUT2D eigenvalue weighted by Crippen LogP contribution is -2.48. The summed E-state index contributed by atoms with van der Waals surface area (Å²) in [5.74, 6) is -1.17. The van der Waals surface area contributed by atoms with Crippen molar-refractivity contribution in [2.45, 2.75) is 32.7 Å². The number of benzene rings is 1. The van der Waals surface area contributed by atoms with Gasteiger partial charge in [0.25, 0.3) is 5.91 Å². The maximum Gasteiger partial charge on any atom is 0.316 e. The van der Waals surface area contributed by atoms with Crippen molar-refractivity contribution in [2.24, 2.45) is 0 Å². The zero-order chi connectivity index (χ0) is 12.3. The number of amides is 1. The number of hydrogen-bond acceptors (Lipinski definition) is 1. The zero-order valence-electron chi connectivity index (χ0n) is 9.58. The Morgan fingerprint density at radius 2 is 1.69 bits per heavy atom. The summed E-state index contributed by atoms with van der Waals surface area (Å²) in [6.45, 7) is 5.17. The van der Waals surface area contributed by atoms with Crippen molar-refractivity contribution >= 4 is 11.6 Å². The Bertz CT molecular complexity index is 357. The molecule has 0 aliphatic heterocycles. The molecule has 0 saturated heterocycles. The summed E-state index contributed by atoms with van der Waals surface area (Å²) >= 11 is 0. The smallest absolute Gasteiger partial charge is 0.302 e. The molecule has 88 valence electrons. The second kappa shape index (κ2) is 4.60. The van der Waals surface area contributed by atoms with Gasteiger partial charge in [0.2, 0.25) is 0 Å². The summed E-state index contributed by atoms with van der Waals surface area (Å²) < 4.78 is 25.0. The Morgan fingerprint density at radius 3 is 2.06 bits per heavy atom. The number of rotatable bonds is 2. The van der Waals surface area contributed by atoms with Crippen LogP contribution in [0.1, 0.15) is 20.8 Å². The van der Waals surface area contributed by atoms with Crippen molar-refractivity contribution < 1.29 is 13.6 Å². The first kappa shape index (κ1) is 12.6. The number of hydrogen-bond donors (Lipinski definition) is 0. The molecule has 16 heavy (non-hydrogen) atoms. The minimum Gasteiger partial charge on any atom is -0.302 e. The topological polar surface area (TPSA) is 20.3 Å². The molecule has 1 rings (SSSR count). The molecule has 1 amide bonds. The third kappa shape index (κ3) is 2.78. The molecule has 0 atom stereocenters. The number of para-hydroxylation sites is 1. The molecule has 0 unspecified atom stereocenters. The Balaban J connectivity index is 3.13. The molecule has 0 heterocycles. The molecule has 0 aliphatic rings. The van der Waals surface area contributed by atoms with Gasteiger partial charge in [-0.1, -0.05) is 18.2 Å². The van der Waals surface area contributed by atoms with Gasteiger partial charge in [0.15, 0.2) is 0 Å². The molecule has 0 aromatic heterocycles. The summed E-state index contributed by atoms with van der Waals surface area (Å²) in [6, 6.07) is 8.49. The molecule has 1 aromatic rings. The Morgan fingerprint density at radius 1 is 1.19 bits per heavy atom. The fourth-order valence-corrected chi connectivity index (χ4v) is 1.52. The third-order valence-corrected chi connectivity index (χ3v) is 2.09. The van der Waals surface area contributed by atoms with Crippen molar-refractivity contribution in [1.82, 2.24) is 0 Å². The van der Waals surface area contributed by atoms with E-state index >= 15 is 0 Å². The van der Waals surface area contributed by atoms with Gasteiger partial charge in [-0.2, -0.15) is 8.78 Å². The minimum atomic E-state index is -2.99. The van der Waals surface area contributed by atoms with Crippen LogP contribution >= 0.6 is 0 Å². The van der Waals surface area contributed by atoms with Crippen LogP contribution in [-0.4, -0.2) is 17.9 Å². The van der Waals surface area contributed by atoms with E-state index in [4.69, 9.17) is 0 Å². The van der Waals surface area contributed by atoms with Gasteiger partial charge in [-0.15, -0.1) is 0 Å². The van der Waals surface area contributed by atoms with Gasteiger partial charge in [-0.25, -0.2) is 0 Å². The monoisotopic (exact) mass is 227 g/mol. The van der Waals surface area contributed by atoms with Crippen LogP contribution in [0.25, 0.3) is 0 Å². The normalized spacial score (nSPS) is 11.6. The number of alkyl halides is 2. The van der Waals surface area contributed by atoms with E-state index < -0.39 is 17.9 Å². The van der Waals surface area contributed by atoms with E-state index in [1.54, 1.807) is 51.1 Å². The van der Waals surface area contributed by atoms with Gasteiger partial charge in [-0.05, 0) is 32.9 Å². The summed E-state index contributed by atoms with van der Waals surface area (Å²) in [4.78, 5) is 12.6. The van der Waals surface area contributed by atoms with Crippen molar-refractivity contribution in [1.29, 1.82) is 0 Å². The quantitative estimate of drug-likeness (QED) is 0.760. The maximum atomic E-state index is 12.5. The number of carbonyl (C=O) groups is 1. The van der Waals surface area contributed by atoms with Crippen molar-refractivity contribution in [3.8, 4) is 0 Å². The lowest BCUT2D eigenvalue weighted by atomic mass is 10.0. The lowest BCUT2D eigenvalue weighted by Gasteiger charge is -2.35. The number of nitrogens with zero attached hydrogens (tertiary/aromatic N) is 1. The lowest BCUT2D eigenvalue weighted by molar-refractivity contribution is -0.130. The highest BCUT2D eigenvalue weighted by molar-refractivity contribution is 5.96. The molecule has 0 spiro atoms. The maximum absolute atomic E-state index is 12.5. The van der Waals surface area contributed by atoms with Crippen LogP contribution in [-0.2, 0) is 4.79 Å². The largest absolute Gasteiger partial charge is 0.316 e. The molecule has 1 aromatic carbocycles. The Labute approximate surface area is 93.9 Å². The predicted octanol–water partition coefficient (Wildman–Crippen LogP) is 3.08. The zero-order valence-corrected chi connectivity index (χ0v) is 9.58. The SMILES string of the molecule is CC(C)(C)N(C(=O)C(F)F)c1ccccc1. The average Bonchev–Trinajstić information content (AvgIpc) is 2.17. The average molecular weight is 227 g/mol. The van der Waals surface area contributed by atoms with Gasteiger partial charge in [-0.3, -0.25) is 4.79 Å². The Kier molecular flexibility index (Phi) is 3.62. The van der Waals surface area contributed by atoms with Crippen LogP contribution in [0.4, 0.5) is 14.5 Å². The second-order valence-electron chi connectivity index (χ2n) is 4.48. The number of carbonyl (C=O) groups excluding carboxylic acids is 1. The van der Waals surface area contributed by atoms with Gasteiger partial charge < -0.3 is 4.90 Å². The van der Waals surface area contributed by atoms with Gasteiger partial charge in [0.1, 0.15) is 0 Å². The van der Waals surface area contributed by atoms with Crippen LogP contribution in [0.3, 0.4) is 0 Å². The first-order chi connectivity index (χ1) is 7.34. The van der Waals surface area contributed by atoms with E-state index in [0.717, 1.165) is 4.90 Å². The van der Waals surface area contributed by atoms with Gasteiger partial charge in [0, 0.05) is 11.2 Å². The Hall–Kier alpha value is -1.45. The summed E-state index contributed by atoms with van der Waals surface area (Å²) in [6.07, 6.45) is -2.99. The molecule has 0 saturated carbocycles. The van der Waals surface area contributed by atoms with Crippen LogP contribution < -0.4 is 4.90 Å². The molecule has 0 bridgehead atoms. The molecular formula is C12H15F2NO. The standard InChI is InChI=1S/C12H15F2NO/c1-12(2,3)15(11(16)10(13)14)9-7-5-4-6-8-9/h4-8,10H,1-3H3. The molecule has 0 fully saturated rings. The molecule has 0 radical (unpaired) electrons. The van der Waals surface area contributed by atoms with E-state index in [1.165, 1.54) is 0 Å². The highest BCUT2D eigenvalue weighted by Crippen LogP contribution is 2.25. The fourth-order valence-electron chi connectivity index (χ4n) is 1.52. The molecule has 0 N–H and O–H groups in total. The van der Waals surface area contributed by atoms with E-state index in [2.05, 4.69) is 0 Å². The third-order valence-electron chi connectivity index (χ3n) is 2.09. The van der Waals surface area contributed by atoms with Gasteiger partial charge >= 0.3 is 6.43 Å². The fraction of sp³-hybridized carbons (Fsp3) is 0.417. The summed E-state index contributed by atoms with van der Waals surface area (Å²) in [7, 11) is 0. The minimum absolute atomic E-state index is 0.486. The molecule has 2 nitrogen and oxygen atoms in total. The van der Waals surface area contributed by atoms with Crippen LogP contribution in [0.5, 0.6) is 0 Å². The molecule has 4 heteroatoms. The predicted molar refractivity (Wildman–Crippen MR) is 59.7 cm³/mol. The molecule has 0 aliphatic carbocycles. The van der Waals surface area contributed by atoms with E-state index in [0.29, 0.717) is 5.69 Å². The van der Waals surface area contributed by atoms with Crippen LogP contribution in [0.15, 0.2) is 30.3 Å². The van der Waals surface area contributed by atoms with E-state index in [1.807, 2.05) is 0 Å². The summed E-state index contributed by atoms with van der Waals surface area (Å²) in [5, 5.41) is 0. The molecular weight excluding hydrogens is 212 g/mol. The van der Waals surface area contributed by atoms with Crippen molar-refractivity contribution in [2.75, 3.05) is 4.90 Å². The first-order valence-corrected chi connectivity index (χ1v) is 5.01. The van der Waals surface area contributed by atoms with Crippen molar-refractivity contribution in [3.05, 3.63) is 30.3 Å². The number of halogens is 2. The first-order valence-electron chi connectivity index (χ1n) is 5.01. The van der Waals surface area contributed by atoms with E-state index in [-0.39, 0.29) is 0 Å². The van der Waals surface area contributed by atoms with Crippen LogP contribution in [0.2, 0.25) is 0 Å². The van der Waals surface area contributed by atoms with Crippen LogP contribution in [0, 0.1) is 0 Å². The second-order valence-corrected chi connectivity index (χ2v) is 4.48. The highest BCUT2D eigenvalue weighted by Gasteiger charge is 2.32. The van der Waals surface area contributed by atoms with E-state index in [9.17, 15) is 13.6 Å². The van der Waals surface area contributed by atoms with Crippen molar-refractivity contribution in [3.63, 3.8) is 0 Å². The highest BCUT2D eigenvalue weighted by atomic mass is 19.3. The number of anilines is 1. The summed E-state index contributed by atoms with van der Waals surface area (Å²) in [5.41, 5.74) is -0.185.